The minimum atomic E-state index is -0.464. The number of aromatic hydroxyl groups is 1. The molecule has 0 amide bonds. The van der Waals surface area contributed by atoms with E-state index < -0.39 is 5.78 Å². The lowest BCUT2D eigenvalue weighted by atomic mass is 9.99. The van der Waals surface area contributed by atoms with Crippen LogP contribution in [-0.4, -0.2) is 59.7 Å². The van der Waals surface area contributed by atoms with Crippen LogP contribution in [0.1, 0.15) is 35.3 Å². The summed E-state index contributed by atoms with van der Waals surface area (Å²) in [5, 5.41) is 11.2. The van der Waals surface area contributed by atoms with Gasteiger partial charge in [0.15, 0.2) is 37.7 Å². The number of phenolic OH excluding ortho intramolecular Hbond substituents is 1. The Morgan fingerprint density at radius 2 is 1.44 bits per heavy atom. The van der Waals surface area contributed by atoms with E-state index in [-0.39, 0.29) is 37.4 Å². The lowest BCUT2D eigenvalue weighted by molar-refractivity contribution is 0.0449. The van der Waals surface area contributed by atoms with Gasteiger partial charge in [0.1, 0.15) is 22.8 Å². The molecule has 0 heterocycles. The van der Waals surface area contributed by atoms with E-state index in [1.54, 1.807) is 30.3 Å². The quantitative estimate of drug-likeness (QED) is 0.160. The van der Waals surface area contributed by atoms with E-state index in [9.17, 15) is 9.90 Å². The maximum absolute atomic E-state index is 13.3. The summed E-state index contributed by atoms with van der Waals surface area (Å²) in [5.74, 6) is 0.757. The van der Waals surface area contributed by atoms with Gasteiger partial charge in [-0.2, -0.15) is 0 Å². The Hall–Kier alpha value is -3.53. The Kier molecular flexibility index (Phi) is 11.8. The molecule has 0 aromatic heterocycles. The van der Waals surface area contributed by atoms with Gasteiger partial charge in [-0.15, -0.1) is 0 Å². The highest BCUT2D eigenvalue weighted by Crippen LogP contribution is 2.40. The molecule has 0 unspecified atom stereocenters. The maximum Gasteiger partial charge on any atom is 0.193 e. The average molecular weight is 503 g/mol. The van der Waals surface area contributed by atoms with Crippen molar-refractivity contribution < 1.29 is 43.1 Å². The molecule has 36 heavy (non-hydrogen) atoms. The molecule has 2 aromatic carbocycles. The molecule has 0 saturated heterocycles. The molecule has 0 atom stereocenters. The number of hydrogen-bond acceptors (Lipinski definition) is 9. The van der Waals surface area contributed by atoms with Gasteiger partial charge >= 0.3 is 0 Å². The number of phenols is 1. The van der Waals surface area contributed by atoms with Gasteiger partial charge in [-0.3, -0.25) is 4.79 Å². The van der Waals surface area contributed by atoms with E-state index >= 15 is 0 Å². The van der Waals surface area contributed by atoms with Gasteiger partial charge < -0.3 is 38.3 Å². The van der Waals surface area contributed by atoms with E-state index in [2.05, 4.69) is 0 Å². The van der Waals surface area contributed by atoms with Crippen molar-refractivity contribution in [3.63, 3.8) is 0 Å². The van der Waals surface area contributed by atoms with Crippen molar-refractivity contribution in [3.8, 4) is 28.7 Å². The molecule has 9 nitrogen and oxygen atoms in total. The predicted molar refractivity (Wildman–Crippen MR) is 135 cm³/mol. The zero-order valence-corrected chi connectivity index (χ0v) is 21.6. The summed E-state index contributed by atoms with van der Waals surface area (Å²) in [6, 6.07) is 6.75. The summed E-state index contributed by atoms with van der Waals surface area (Å²) in [6.45, 7) is 3.80. The zero-order chi connectivity index (χ0) is 26.5. The van der Waals surface area contributed by atoms with Crippen molar-refractivity contribution in [2.75, 3.05) is 48.8 Å². The maximum atomic E-state index is 13.3. The molecule has 0 bridgehead atoms. The summed E-state index contributed by atoms with van der Waals surface area (Å²) in [7, 11) is 5.99. The molecule has 2 rings (SSSR count). The number of ether oxygens (including phenoxy) is 7. The highest BCUT2D eigenvalue weighted by molar-refractivity contribution is 6.11. The van der Waals surface area contributed by atoms with Gasteiger partial charge in [0.2, 0.25) is 0 Å². The number of allylic oxidation sites excluding steroid dienone is 3. The Bertz CT molecular complexity index is 1070. The van der Waals surface area contributed by atoms with Crippen LogP contribution >= 0.6 is 0 Å². The molecule has 0 aliphatic carbocycles. The van der Waals surface area contributed by atoms with E-state index in [1.807, 2.05) is 19.9 Å². The first-order chi connectivity index (χ1) is 17.4. The normalized spacial score (nSPS) is 10.8. The number of carbonyl (C=O) groups excluding carboxylic acids is 1. The molecule has 0 aliphatic rings. The van der Waals surface area contributed by atoms with Crippen molar-refractivity contribution in [3.05, 3.63) is 58.7 Å². The van der Waals surface area contributed by atoms with Crippen molar-refractivity contribution in [2.24, 2.45) is 0 Å². The van der Waals surface area contributed by atoms with Crippen LogP contribution in [0, 0.1) is 0 Å². The molecular weight excluding hydrogens is 468 g/mol. The van der Waals surface area contributed by atoms with Gasteiger partial charge in [0, 0.05) is 33.0 Å². The second-order valence-electron chi connectivity index (χ2n) is 7.82. The monoisotopic (exact) mass is 502 g/mol. The highest BCUT2D eigenvalue weighted by Gasteiger charge is 2.23. The Morgan fingerprint density at radius 3 is 2.03 bits per heavy atom. The highest BCUT2D eigenvalue weighted by atomic mass is 16.7. The summed E-state index contributed by atoms with van der Waals surface area (Å²) in [4.78, 5) is 13.3. The van der Waals surface area contributed by atoms with Crippen molar-refractivity contribution in [1.82, 2.24) is 0 Å². The van der Waals surface area contributed by atoms with E-state index in [0.717, 1.165) is 5.57 Å². The lowest BCUT2D eigenvalue weighted by Crippen LogP contribution is -2.09. The molecule has 0 radical (unpaired) electrons. The summed E-state index contributed by atoms with van der Waals surface area (Å²) < 4.78 is 37.0. The summed E-state index contributed by atoms with van der Waals surface area (Å²) in [5.41, 5.74) is 2.17. The zero-order valence-electron chi connectivity index (χ0n) is 21.6. The molecule has 0 saturated carbocycles. The average Bonchev–Trinajstić information content (AvgIpc) is 2.87. The number of hydrogen-bond donors (Lipinski definition) is 1. The van der Waals surface area contributed by atoms with Gasteiger partial charge in [-0.05, 0) is 44.0 Å². The van der Waals surface area contributed by atoms with Gasteiger partial charge in [-0.25, -0.2) is 0 Å². The third-order valence-corrected chi connectivity index (χ3v) is 4.90. The molecule has 2 aromatic rings. The van der Waals surface area contributed by atoms with Crippen LogP contribution in [0.15, 0.2) is 42.0 Å². The first-order valence-corrected chi connectivity index (χ1v) is 11.1. The van der Waals surface area contributed by atoms with Gasteiger partial charge in [-0.1, -0.05) is 23.8 Å². The Labute approximate surface area is 211 Å². The van der Waals surface area contributed by atoms with Crippen LogP contribution in [0.25, 0.3) is 6.08 Å². The van der Waals surface area contributed by atoms with E-state index in [1.165, 1.54) is 34.5 Å². The van der Waals surface area contributed by atoms with Crippen LogP contribution in [0.5, 0.6) is 28.7 Å². The third-order valence-electron chi connectivity index (χ3n) is 4.90. The Balaban J connectivity index is 2.48. The van der Waals surface area contributed by atoms with Crippen molar-refractivity contribution >= 4 is 11.9 Å². The Morgan fingerprint density at radius 1 is 0.833 bits per heavy atom. The molecule has 9 heteroatoms. The van der Waals surface area contributed by atoms with Crippen LogP contribution < -0.4 is 18.9 Å². The van der Waals surface area contributed by atoms with Crippen molar-refractivity contribution in [1.29, 1.82) is 0 Å². The number of benzene rings is 2. The molecule has 1 N–H and O–H groups in total. The van der Waals surface area contributed by atoms with Crippen LogP contribution in [0.4, 0.5) is 0 Å². The summed E-state index contributed by atoms with van der Waals surface area (Å²) in [6.07, 6.45) is 5.23. The van der Waals surface area contributed by atoms with Gasteiger partial charge in [0.05, 0.1) is 7.11 Å². The fourth-order valence-corrected chi connectivity index (χ4v) is 3.18. The largest absolute Gasteiger partial charge is 0.507 e. The number of methoxy groups -OCH3 is 4. The predicted octanol–water partition coefficient (Wildman–Crippen LogP) is 4.75. The first-order valence-electron chi connectivity index (χ1n) is 11.1. The number of rotatable bonds is 15. The van der Waals surface area contributed by atoms with E-state index in [0.29, 0.717) is 34.8 Å². The second kappa shape index (κ2) is 14.8. The topological polar surface area (TPSA) is 102 Å². The molecule has 0 spiro atoms. The standard InChI is InChI=1S/C27H34O9/c1-18(2)7-10-20-23(35-16-31-4)14-25(36-17-32-5)26(27(20)29)21(28)11-8-19-9-12-22(34-15-30-3)24(13-19)33-6/h7-9,11-14,29H,10,15-17H2,1-6H3/b11-8+. The first kappa shape index (κ1) is 28.7. The van der Waals surface area contributed by atoms with Crippen LogP contribution in [0.2, 0.25) is 0 Å². The fourth-order valence-electron chi connectivity index (χ4n) is 3.18. The minimum Gasteiger partial charge on any atom is -0.507 e. The fraction of sp³-hybridized carbons (Fsp3) is 0.370. The summed E-state index contributed by atoms with van der Waals surface area (Å²) >= 11 is 0. The smallest absolute Gasteiger partial charge is 0.193 e. The minimum absolute atomic E-state index is 0.00256. The van der Waals surface area contributed by atoms with Crippen LogP contribution in [-0.2, 0) is 20.6 Å². The van der Waals surface area contributed by atoms with Crippen LogP contribution in [0.3, 0.4) is 0 Å². The number of ketones is 1. The molecule has 0 aliphatic heterocycles. The van der Waals surface area contributed by atoms with E-state index in [4.69, 9.17) is 33.2 Å². The second-order valence-corrected chi connectivity index (χ2v) is 7.82. The lowest BCUT2D eigenvalue weighted by Gasteiger charge is -2.18. The SMILES string of the molecule is COCOc1ccc(/C=C/C(=O)c2c(OCOC)cc(OCOC)c(CC=C(C)C)c2O)cc1OC. The van der Waals surface area contributed by atoms with Gasteiger partial charge in [0.25, 0.3) is 0 Å². The van der Waals surface area contributed by atoms with Crippen molar-refractivity contribution in [2.45, 2.75) is 20.3 Å². The molecule has 0 fully saturated rings. The third kappa shape index (κ3) is 8.01. The molecular formula is C27H34O9. The molecule has 196 valence electrons. The number of carbonyl (C=O) groups is 1.